The van der Waals surface area contributed by atoms with Crippen molar-refractivity contribution in [3.8, 4) is 5.69 Å². The van der Waals surface area contributed by atoms with Crippen LogP contribution >= 0.6 is 10.7 Å². The topological polar surface area (TPSA) is 64.8 Å². The van der Waals surface area contributed by atoms with Gasteiger partial charge in [0.2, 0.25) is 5.82 Å². The molecule has 1 aromatic heterocycles. The van der Waals surface area contributed by atoms with E-state index < -0.39 is 26.2 Å². The molecule has 0 unspecified atom stereocenters. The number of para-hydroxylation sites is 1. The van der Waals surface area contributed by atoms with Crippen molar-refractivity contribution in [2.45, 2.75) is 11.3 Å². The van der Waals surface area contributed by atoms with Gasteiger partial charge in [-0.05, 0) is 12.1 Å². The smallest absolute Gasteiger partial charge is 0.261 e. The van der Waals surface area contributed by atoms with Crippen LogP contribution in [0.5, 0.6) is 0 Å². The van der Waals surface area contributed by atoms with Gasteiger partial charge in [0.1, 0.15) is 0 Å². The standard InChI is InChI=1S/C9H5ClF3N3O2S/c10-19(17,18)8-15-14-7(9(11,12)13)16(8)6-4-2-1-3-5-6/h1-5H. The van der Waals surface area contributed by atoms with Crippen LogP contribution in [0.3, 0.4) is 0 Å². The lowest BCUT2D eigenvalue weighted by molar-refractivity contribution is -0.146. The van der Waals surface area contributed by atoms with Crippen molar-refractivity contribution in [2.75, 3.05) is 0 Å². The largest absolute Gasteiger partial charge is 0.452 e. The Morgan fingerprint density at radius 2 is 1.68 bits per heavy atom. The molecule has 0 aliphatic heterocycles. The molecular formula is C9H5ClF3N3O2S. The van der Waals surface area contributed by atoms with Crippen LogP contribution < -0.4 is 0 Å². The third kappa shape index (κ3) is 2.71. The second kappa shape index (κ2) is 4.49. The van der Waals surface area contributed by atoms with Crippen molar-refractivity contribution in [1.29, 1.82) is 0 Å². The van der Waals surface area contributed by atoms with Crippen LogP contribution in [0.15, 0.2) is 35.5 Å². The van der Waals surface area contributed by atoms with E-state index in [1.54, 1.807) is 6.07 Å². The van der Waals surface area contributed by atoms with Gasteiger partial charge in [0.25, 0.3) is 14.2 Å². The van der Waals surface area contributed by atoms with Gasteiger partial charge < -0.3 is 0 Å². The fourth-order valence-corrected chi connectivity index (χ4v) is 2.27. The summed E-state index contributed by atoms with van der Waals surface area (Å²) >= 11 is 0. The molecule has 0 amide bonds. The molecule has 0 bridgehead atoms. The number of halogens is 4. The molecule has 19 heavy (non-hydrogen) atoms. The second-order valence-electron chi connectivity index (χ2n) is 3.41. The monoisotopic (exact) mass is 311 g/mol. The van der Waals surface area contributed by atoms with Gasteiger partial charge in [0, 0.05) is 16.4 Å². The van der Waals surface area contributed by atoms with Crippen molar-refractivity contribution >= 4 is 19.7 Å². The number of alkyl halides is 3. The van der Waals surface area contributed by atoms with Gasteiger partial charge in [-0.15, -0.1) is 10.2 Å². The molecule has 0 atom stereocenters. The summed E-state index contributed by atoms with van der Waals surface area (Å²) < 4.78 is 61.2. The van der Waals surface area contributed by atoms with E-state index in [1.807, 2.05) is 0 Å². The summed E-state index contributed by atoms with van der Waals surface area (Å²) in [5.74, 6) is -1.46. The number of benzene rings is 1. The molecule has 10 heteroatoms. The maximum Gasteiger partial charge on any atom is 0.452 e. The lowest BCUT2D eigenvalue weighted by atomic mass is 10.3. The molecule has 0 aliphatic carbocycles. The number of hydrogen-bond acceptors (Lipinski definition) is 4. The Balaban J connectivity index is 2.79. The van der Waals surface area contributed by atoms with Gasteiger partial charge >= 0.3 is 6.18 Å². The third-order valence-corrected chi connectivity index (χ3v) is 3.23. The van der Waals surface area contributed by atoms with Gasteiger partial charge in [-0.2, -0.15) is 13.2 Å². The Hall–Kier alpha value is -1.61. The van der Waals surface area contributed by atoms with E-state index in [2.05, 4.69) is 10.2 Å². The van der Waals surface area contributed by atoms with Crippen molar-refractivity contribution in [3.05, 3.63) is 36.2 Å². The van der Waals surface area contributed by atoms with Crippen LogP contribution in [0.25, 0.3) is 5.69 Å². The van der Waals surface area contributed by atoms with Crippen LogP contribution in [0.1, 0.15) is 5.82 Å². The zero-order valence-corrected chi connectivity index (χ0v) is 10.5. The maximum atomic E-state index is 12.8. The summed E-state index contributed by atoms with van der Waals surface area (Å²) in [4.78, 5) is 0. The highest BCUT2D eigenvalue weighted by Gasteiger charge is 2.40. The van der Waals surface area contributed by atoms with Crippen molar-refractivity contribution in [2.24, 2.45) is 0 Å². The van der Waals surface area contributed by atoms with Gasteiger partial charge in [-0.25, -0.2) is 8.42 Å². The lowest BCUT2D eigenvalue weighted by Crippen LogP contribution is -2.15. The van der Waals surface area contributed by atoms with Gasteiger partial charge in [0.05, 0.1) is 0 Å². The lowest BCUT2D eigenvalue weighted by Gasteiger charge is -2.10. The van der Waals surface area contributed by atoms with E-state index in [1.165, 1.54) is 24.3 Å². The second-order valence-corrected chi connectivity index (χ2v) is 5.87. The zero-order valence-electron chi connectivity index (χ0n) is 8.96. The number of aromatic nitrogens is 3. The minimum atomic E-state index is -4.86. The van der Waals surface area contributed by atoms with Gasteiger partial charge in [-0.3, -0.25) is 4.57 Å². The highest BCUT2D eigenvalue weighted by Crippen LogP contribution is 2.31. The Labute approximate surface area is 110 Å². The normalized spacial score (nSPS) is 12.6. The number of nitrogens with zero attached hydrogens (tertiary/aromatic N) is 3. The highest BCUT2D eigenvalue weighted by molar-refractivity contribution is 8.13. The molecule has 0 aliphatic rings. The molecule has 1 heterocycles. The molecule has 0 saturated heterocycles. The maximum absolute atomic E-state index is 12.8. The van der Waals surface area contributed by atoms with E-state index >= 15 is 0 Å². The summed E-state index contributed by atoms with van der Waals surface area (Å²) in [5.41, 5.74) is -0.0564. The van der Waals surface area contributed by atoms with Crippen molar-refractivity contribution in [3.63, 3.8) is 0 Å². The minimum absolute atomic E-state index is 0.0564. The molecule has 1 aromatic carbocycles. The molecule has 0 saturated carbocycles. The Bertz CT molecular complexity index is 697. The molecule has 2 rings (SSSR count). The first-order valence-electron chi connectivity index (χ1n) is 4.74. The molecule has 0 fully saturated rings. The first kappa shape index (κ1) is 13.8. The molecule has 0 radical (unpaired) electrons. The third-order valence-electron chi connectivity index (χ3n) is 2.12. The van der Waals surface area contributed by atoms with Crippen LogP contribution in [-0.4, -0.2) is 23.2 Å². The summed E-state index contributed by atoms with van der Waals surface area (Å²) in [6.45, 7) is 0. The summed E-state index contributed by atoms with van der Waals surface area (Å²) in [6, 6.07) is 7.02. The molecule has 0 N–H and O–H groups in total. The average molecular weight is 312 g/mol. The predicted octanol–water partition coefficient (Wildman–Crippen LogP) is 2.21. The van der Waals surface area contributed by atoms with Crippen molar-refractivity contribution < 1.29 is 21.6 Å². The van der Waals surface area contributed by atoms with E-state index in [0.717, 1.165) is 0 Å². The van der Waals surface area contributed by atoms with E-state index in [4.69, 9.17) is 10.7 Å². The van der Waals surface area contributed by atoms with E-state index in [0.29, 0.717) is 4.57 Å². The highest BCUT2D eigenvalue weighted by atomic mass is 35.7. The van der Waals surface area contributed by atoms with Crippen molar-refractivity contribution in [1.82, 2.24) is 14.8 Å². The molecule has 5 nitrogen and oxygen atoms in total. The summed E-state index contributed by atoms with van der Waals surface area (Å²) in [7, 11) is 0.599. The SMILES string of the molecule is O=S(=O)(Cl)c1nnc(C(F)(F)F)n1-c1ccccc1. The molecule has 2 aromatic rings. The summed E-state index contributed by atoms with van der Waals surface area (Å²) in [6.07, 6.45) is -4.86. The number of rotatable bonds is 2. The quantitative estimate of drug-likeness (QED) is 0.798. The van der Waals surface area contributed by atoms with E-state index in [9.17, 15) is 21.6 Å². The van der Waals surface area contributed by atoms with Crippen LogP contribution in [-0.2, 0) is 15.2 Å². The Morgan fingerprint density at radius 3 is 2.16 bits per heavy atom. The fraction of sp³-hybridized carbons (Fsp3) is 0.111. The predicted molar refractivity (Wildman–Crippen MR) is 59.4 cm³/mol. The average Bonchev–Trinajstić information content (AvgIpc) is 2.73. The van der Waals surface area contributed by atoms with Gasteiger partial charge in [0.15, 0.2) is 0 Å². The van der Waals surface area contributed by atoms with Crippen LogP contribution in [0.2, 0.25) is 0 Å². The first-order valence-corrected chi connectivity index (χ1v) is 7.05. The number of hydrogen-bond donors (Lipinski definition) is 0. The first-order chi connectivity index (χ1) is 8.71. The van der Waals surface area contributed by atoms with Crippen LogP contribution in [0, 0.1) is 0 Å². The van der Waals surface area contributed by atoms with Crippen LogP contribution in [0.4, 0.5) is 13.2 Å². The molecule has 0 spiro atoms. The minimum Gasteiger partial charge on any atom is -0.261 e. The van der Waals surface area contributed by atoms with E-state index in [-0.39, 0.29) is 5.69 Å². The Morgan fingerprint density at radius 1 is 1.11 bits per heavy atom. The molecule has 102 valence electrons. The molecular weight excluding hydrogens is 307 g/mol. The zero-order chi connectivity index (χ0) is 14.3. The fourth-order valence-electron chi connectivity index (χ4n) is 1.42. The van der Waals surface area contributed by atoms with Gasteiger partial charge in [-0.1, -0.05) is 18.2 Å². The Kier molecular flexibility index (Phi) is 3.27. The summed E-state index contributed by atoms with van der Waals surface area (Å²) in [5, 5.41) is 4.88.